The van der Waals surface area contributed by atoms with Gasteiger partial charge in [0, 0.05) is 40.0 Å². The molecule has 138 valence electrons. The maximum Gasteiger partial charge on any atom is 0.271 e. The Balaban J connectivity index is 1.44. The Morgan fingerprint density at radius 1 is 0.893 bits per heavy atom. The van der Waals surface area contributed by atoms with Gasteiger partial charge in [0.05, 0.1) is 11.9 Å². The van der Waals surface area contributed by atoms with Crippen LogP contribution in [-0.2, 0) is 0 Å². The van der Waals surface area contributed by atoms with E-state index in [0.717, 1.165) is 21.5 Å². The molecule has 0 aliphatic carbocycles. The zero-order valence-corrected chi connectivity index (χ0v) is 16.5. The van der Waals surface area contributed by atoms with Gasteiger partial charge in [0.1, 0.15) is 0 Å². The number of rotatable bonds is 5. The second kappa shape index (κ2) is 8.10. The molecule has 1 N–H and O–H groups in total. The number of carbonyl (C=O) groups excluding carboxylic acids is 1. The highest BCUT2D eigenvalue weighted by Gasteiger charge is 2.05. The first-order chi connectivity index (χ1) is 13.7. The number of amides is 1. The molecule has 2 aromatic heterocycles. The molecule has 2 aromatic carbocycles. The van der Waals surface area contributed by atoms with Crippen molar-refractivity contribution in [3.8, 4) is 11.4 Å². The van der Waals surface area contributed by atoms with Crippen molar-refractivity contribution in [3.63, 3.8) is 0 Å². The minimum Gasteiger partial charge on any atom is -0.324 e. The molecule has 0 saturated heterocycles. The molecule has 0 spiro atoms. The van der Waals surface area contributed by atoms with Gasteiger partial charge in [-0.25, -0.2) is 5.43 Å². The van der Waals surface area contributed by atoms with Gasteiger partial charge >= 0.3 is 0 Å². The second-order valence-electron chi connectivity index (χ2n) is 6.12. The molecule has 5 nitrogen and oxygen atoms in total. The fourth-order valence-electron chi connectivity index (χ4n) is 2.87. The first-order valence-electron chi connectivity index (χ1n) is 8.71. The molecule has 6 heteroatoms. The van der Waals surface area contributed by atoms with Crippen molar-refractivity contribution >= 4 is 28.1 Å². The van der Waals surface area contributed by atoms with Gasteiger partial charge in [0.15, 0.2) is 0 Å². The first-order valence-corrected chi connectivity index (χ1v) is 9.50. The van der Waals surface area contributed by atoms with E-state index in [4.69, 9.17) is 0 Å². The highest BCUT2D eigenvalue weighted by atomic mass is 79.9. The number of halogens is 1. The summed E-state index contributed by atoms with van der Waals surface area (Å²) in [7, 11) is 0. The first kappa shape index (κ1) is 18.0. The van der Waals surface area contributed by atoms with Crippen molar-refractivity contribution in [2.45, 2.75) is 0 Å². The molecule has 1 amide bonds. The molecule has 0 radical (unpaired) electrons. The van der Waals surface area contributed by atoms with Crippen LogP contribution in [-0.4, -0.2) is 21.3 Å². The van der Waals surface area contributed by atoms with E-state index in [9.17, 15) is 4.79 Å². The number of hydrogen-bond donors (Lipinski definition) is 1. The zero-order chi connectivity index (χ0) is 19.3. The molecule has 28 heavy (non-hydrogen) atoms. The fraction of sp³-hybridized carbons (Fsp3) is 0. The van der Waals surface area contributed by atoms with Crippen LogP contribution in [0.25, 0.3) is 11.4 Å². The number of hydrazone groups is 1. The quantitative estimate of drug-likeness (QED) is 0.357. The van der Waals surface area contributed by atoms with Crippen molar-refractivity contribution in [2.24, 2.45) is 5.10 Å². The van der Waals surface area contributed by atoms with Gasteiger partial charge in [0.25, 0.3) is 5.91 Å². The van der Waals surface area contributed by atoms with Crippen LogP contribution < -0.4 is 5.43 Å². The number of nitrogens with one attached hydrogen (secondary N) is 1. The molecule has 0 fully saturated rings. The van der Waals surface area contributed by atoms with E-state index in [0.29, 0.717) is 5.56 Å². The molecule has 4 aromatic rings. The van der Waals surface area contributed by atoms with Gasteiger partial charge < -0.3 is 9.13 Å². The van der Waals surface area contributed by atoms with E-state index in [2.05, 4.69) is 26.5 Å². The molecular formula is C22H17BrN4O. The molecule has 0 aliphatic heterocycles. The van der Waals surface area contributed by atoms with Crippen LogP contribution in [0.15, 0.2) is 101 Å². The number of carbonyl (C=O) groups is 1. The third-order valence-electron chi connectivity index (χ3n) is 4.26. The minimum atomic E-state index is -0.254. The maximum absolute atomic E-state index is 12.3. The van der Waals surface area contributed by atoms with E-state index in [1.807, 2.05) is 88.4 Å². The van der Waals surface area contributed by atoms with E-state index in [1.165, 1.54) is 0 Å². The van der Waals surface area contributed by atoms with Gasteiger partial charge in [-0.3, -0.25) is 4.79 Å². The Bertz CT molecular complexity index is 1110. The van der Waals surface area contributed by atoms with Crippen molar-refractivity contribution in [1.82, 2.24) is 14.6 Å². The number of hydrogen-bond acceptors (Lipinski definition) is 2. The summed E-state index contributed by atoms with van der Waals surface area (Å²) in [4.78, 5) is 12.3. The van der Waals surface area contributed by atoms with Crippen molar-refractivity contribution in [2.75, 3.05) is 0 Å². The van der Waals surface area contributed by atoms with Crippen molar-refractivity contribution < 1.29 is 4.79 Å². The topological polar surface area (TPSA) is 51.3 Å². The molecule has 0 unspecified atom stereocenters. The summed E-state index contributed by atoms with van der Waals surface area (Å²) in [6, 6.07) is 23.1. The Hall–Kier alpha value is -3.38. The lowest BCUT2D eigenvalue weighted by molar-refractivity contribution is 0.0955. The number of benzene rings is 2. The largest absolute Gasteiger partial charge is 0.324 e. The van der Waals surface area contributed by atoms with Crippen LogP contribution in [0.2, 0.25) is 0 Å². The van der Waals surface area contributed by atoms with Crippen LogP contribution >= 0.6 is 15.9 Å². The summed E-state index contributed by atoms with van der Waals surface area (Å²) >= 11 is 3.48. The average molecular weight is 433 g/mol. The average Bonchev–Trinajstić information content (AvgIpc) is 3.40. The van der Waals surface area contributed by atoms with Gasteiger partial charge in [0.2, 0.25) is 0 Å². The van der Waals surface area contributed by atoms with E-state index in [1.54, 1.807) is 18.3 Å². The highest BCUT2D eigenvalue weighted by molar-refractivity contribution is 9.10. The maximum atomic E-state index is 12.3. The molecular weight excluding hydrogens is 416 g/mol. The van der Waals surface area contributed by atoms with Crippen LogP contribution in [0.1, 0.15) is 16.1 Å². The molecule has 4 rings (SSSR count). The predicted octanol–water partition coefficient (Wildman–Crippen LogP) is 4.79. The summed E-state index contributed by atoms with van der Waals surface area (Å²) in [5.74, 6) is -0.254. The number of nitrogens with zero attached hydrogens (tertiary/aromatic N) is 3. The SMILES string of the molecule is O=C(N/N=C/c1cccn1-c1cccc(Br)c1)c1ccc(-n2cccc2)cc1. The predicted molar refractivity (Wildman–Crippen MR) is 114 cm³/mol. The van der Waals surface area contributed by atoms with Crippen molar-refractivity contribution in [3.05, 3.63) is 107 Å². The molecule has 0 saturated carbocycles. The van der Waals surface area contributed by atoms with Gasteiger partial charge in [-0.05, 0) is 66.7 Å². The summed E-state index contributed by atoms with van der Waals surface area (Å²) in [5, 5.41) is 4.11. The number of aromatic nitrogens is 2. The van der Waals surface area contributed by atoms with Crippen molar-refractivity contribution in [1.29, 1.82) is 0 Å². The van der Waals surface area contributed by atoms with E-state index in [-0.39, 0.29) is 5.91 Å². The smallest absolute Gasteiger partial charge is 0.271 e. The normalized spacial score (nSPS) is 11.0. The minimum absolute atomic E-state index is 0.254. The Morgan fingerprint density at radius 3 is 2.43 bits per heavy atom. The lowest BCUT2D eigenvalue weighted by atomic mass is 10.2. The Kier molecular flexibility index (Phi) is 5.21. The standard InChI is InChI=1S/C22H17BrN4O/c23-18-5-3-6-20(15-18)27-14-4-7-21(27)16-24-25-22(28)17-8-10-19(11-9-17)26-12-1-2-13-26/h1-16H,(H,25,28)/b24-16+. The second-order valence-corrected chi connectivity index (χ2v) is 7.03. The third-order valence-corrected chi connectivity index (χ3v) is 4.75. The van der Waals surface area contributed by atoms with E-state index < -0.39 is 0 Å². The lowest BCUT2D eigenvalue weighted by Crippen LogP contribution is -2.17. The summed E-state index contributed by atoms with van der Waals surface area (Å²) in [6.07, 6.45) is 7.50. The molecule has 0 bridgehead atoms. The monoisotopic (exact) mass is 432 g/mol. The molecule has 0 aliphatic rings. The van der Waals surface area contributed by atoms with Gasteiger partial charge in [-0.15, -0.1) is 0 Å². The van der Waals surface area contributed by atoms with Crippen LogP contribution in [0.3, 0.4) is 0 Å². The van der Waals surface area contributed by atoms with Gasteiger partial charge in [-0.2, -0.15) is 5.10 Å². The Morgan fingerprint density at radius 2 is 1.68 bits per heavy atom. The Labute approximate surface area is 171 Å². The van der Waals surface area contributed by atoms with Crippen LogP contribution in [0.5, 0.6) is 0 Å². The van der Waals surface area contributed by atoms with Crippen LogP contribution in [0.4, 0.5) is 0 Å². The van der Waals surface area contributed by atoms with E-state index >= 15 is 0 Å². The zero-order valence-electron chi connectivity index (χ0n) is 14.9. The van der Waals surface area contributed by atoms with Gasteiger partial charge in [-0.1, -0.05) is 22.0 Å². The van der Waals surface area contributed by atoms with Crippen LogP contribution in [0, 0.1) is 0 Å². The summed E-state index contributed by atoms with van der Waals surface area (Å²) in [6.45, 7) is 0. The molecule has 2 heterocycles. The third kappa shape index (κ3) is 3.97. The lowest BCUT2D eigenvalue weighted by Gasteiger charge is -2.07. The summed E-state index contributed by atoms with van der Waals surface area (Å²) < 4.78 is 4.97. The molecule has 0 atom stereocenters. The highest BCUT2D eigenvalue weighted by Crippen LogP contribution is 2.17. The fourth-order valence-corrected chi connectivity index (χ4v) is 3.26. The summed E-state index contributed by atoms with van der Waals surface area (Å²) in [5.41, 5.74) is 6.00.